The number of ether oxygens (including phenoxy) is 1. The van der Waals surface area contributed by atoms with E-state index in [1.807, 2.05) is 30.3 Å². The van der Waals surface area contributed by atoms with Crippen molar-refractivity contribution in [2.75, 3.05) is 12.3 Å². The Morgan fingerprint density at radius 2 is 1.58 bits per heavy atom. The molecule has 0 aliphatic heterocycles. The highest BCUT2D eigenvalue weighted by molar-refractivity contribution is 5.86. The second-order valence-electron chi connectivity index (χ2n) is 5.80. The molecule has 24 heavy (non-hydrogen) atoms. The van der Waals surface area contributed by atoms with Gasteiger partial charge in [0.25, 0.3) is 0 Å². The first kappa shape index (κ1) is 14.5. The molecule has 0 unspecified atom stereocenters. The molecule has 0 spiro atoms. The average molecular weight is 314 g/mol. The Hall–Kier alpha value is -3.07. The van der Waals surface area contributed by atoms with E-state index in [0.717, 1.165) is 23.1 Å². The van der Waals surface area contributed by atoms with Crippen molar-refractivity contribution in [2.45, 2.75) is 6.42 Å². The summed E-state index contributed by atoms with van der Waals surface area (Å²) in [6.45, 7) is 0.601. The molecule has 118 valence electrons. The largest absolute Gasteiger partial charge is 0.491 e. The van der Waals surface area contributed by atoms with Gasteiger partial charge in [-0.25, -0.2) is 4.98 Å². The van der Waals surface area contributed by atoms with Crippen molar-refractivity contribution in [2.24, 2.45) is 0 Å². The molecule has 0 atom stereocenters. The van der Waals surface area contributed by atoms with Crippen LogP contribution >= 0.6 is 0 Å². The third-order valence-corrected chi connectivity index (χ3v) is 4.21. The van der Waals surface area contributed by atoms with Crippen LogP contribution in [0.4, 0.5) is 5.82 Å². The molecule has 3 heteroatoms. The van der Waals surface area contributed by atoms with Gasteiger partial charge in [0.1, 0.15) is 17.1 Å². The number of benzene rings is 3. The zero-order chi connectivity index (χ0) is 16.4. The molecule has 0 amide bonds. The van der Waals surface area contributed by atoms with Crippen LogP contribution in [0.5, 0.6) is 5.75 Å². The summed E-state index contributed by atoms with van der Waals surface area (Å²) in [6, 6.07) is 24.5. The fourth-order valence-corrected chi connectivity index (χ4v) is 3.03. The standard InChI is InChI=1S/C21H18N2O/c22-20-12-11-17-8-4-10-19(21(17)23-20)24-14-13-16-7-3-6-15-5-1-2-9-18(15)16/h1-12H,13-14H2,(H2,22,23). The lowest BCUT2D eigenvalue weighted by Crippen LogP contribution is -2.03. The molecule has 0 bridgehead atoms. The SMILES string of the molecule is Nc1ccc2cccc(OCCc3cccc4ccccc34)c2n1. The Balaban J connectivity index is 1.56. The number of para-hydroxylation sites is 1. The van der Waals surface area contributed by atoms with Crippen LogP contribution in [0.3, 0.4) is 0 Å². The van der Waals surface area contributed by atoms with Gasteiger partial charge in [0.15, 0.2) is 0 Å². The number of anilines is 1. The lowest BCUT2D eigenvalue weighted by atomic mass is 10.0. The molecule has 0 radical (unpaired) electrons. The van der Waals surface area contributed by atoms with Crippen LogP contribution in [0, 0.1) is 0 Å². The Bertz CT molecular complexity index is 1010. The van der Waals surface area contributed by atoms with Crippen LogP contribution in [-0.4, -0.2) is 11.6 Å². The van der Waals surface area contributed by atoms with Gasteiger partial charge in [-0.3, -0.25) is 0 Å². The van der Waals surface area contributed by atoms with Crippen molar-refractivity contribution < 1.29 is 4.74 Å². The highest BCUT2D eigenvalue weighted by Gasteiger charge is 2.05. The quantitative estimate of drug-likeness (QED) is 0.599. The summed E-state index contributed by atoms with van der Waals surface area (Å²) < 4.78 is 6.01. The Labute approximate surface area is 140 Å². The van der Waals surface area contributed by atoms with Gasteiger partial charge in [-0.2, -0.15) is 0 Å². The number of fused-ring (bicyclic) bond motifs is 2. The van der Waals surface area contributed by atoms with E-state index in [1.54, 1.807) is 0 Å². The first-order chi connectivity index (χ1) is 11.8. The van der Waals surface area contributed by atoms with Gasteiger partial charge >= 0.3 is 0 Å². The summed E-state index contributed by atoms with van der Waals surface area (Å²) in [6.07, 6.45) is 0.847. The number of nitrogens with zero attached hydrogens (tertiary/aromatic N) is 1. The van der Waals surface area contributed by atoms with Crippen LogP contribution < -0.4 is 10.5 Å². The number of aromatic nitrogens is 1. The zero-order valence-electron chi connectivity index (χ0n) is 13.3. The molecular formula is C21H18N2O. The third-order valence-electron chi connectivity index (χ3n) is 4.21. The van der Waals surface area contributed by atoms with E-state index in [4.69, 9.17) is 10.5 Å². The smallest absolute Gasteiger partial charge is 0.145 e. The molecule has 0 fully saturated rings. The van der Waals surface area contributed by atoms with E-state index in [-0.39, 0.29) is 0 Å². The average Bonchev–Trinajstić information content (AvgIpc) is 2.62. The maximum absolute atomic E-state index is 6.01. The maximum atomic E-state index is 6.01. The summed E-state index contributed by atoms with van der Waals surface area (Å²) in [4.78, 5) is 4.40. The van der Waals surface area contributed by atoms with Crippen LogP contribution in [0.2, 0.25) is 0 Å². The van der Waals surface area contributed by atoms with Crippen LogP contribution in [0.15, 0.2) is 72.8 Å². The molecular weight excluding hydrogens is 296 g/mol. The van der Waals surface area contributed by atoms with Gasteiger partial charge in [0.2, 0.25) is 0 Å². The lowest BCUT2D eigenvalue weighted by Gasteiger charge is -2.10. The predicted molar refractivity (Wildman–Crippen MR) is 99.3 cm³/mol. The molecule has 1 heterocycles. The predicted octanol–water partition coefficient (Wildman–Crippen LogP) is 4.59. The Kier molecular flexibility index (Phi) is 3.75. The molecule has 0 aliphatic rings. The van der Waals surface area contributed by atoms with E-state index in [0.29, 0.717) is 12.4 Å². The molecule has 4 aromatic rings. The Morgan fingerprint density at radius 1 is 0.792 bits per heavy atom. The second kappa shape index (κ2) is 6.20. The monoisotopic (exact) mass is 314 g/mol. The van der Waals surface area contributed by atoms with Gasteiger partial charge in [0, 0.05) is 11.8 Å². The lowest BCUT2D eigenvalue weighted by molar-refractivity contribution is 0.325. The van der Waals surface area contributed by atoms with Crippen molar-refractivity contribution in [3.63, 3.8) is 0 Å². The van der Waals surface area contributed by atoms with Crippen LogP contribution in [0.25, 0.3) is 21.7 Å². The van der Waals surface area contributed by atoms with Crippen molar-refractivity contribution in [3.8, 4) is 5.75 Å². The van der Waals surface area contributed by atoms with E-state index >= 15 is 0 Å². The van der Waals surface area contributed by atoms with E-state index in [9.17, 15) is 0 Å². The second-order valence-corrected chi connectivity index (χ2v) is 5.80. The minimum absolute atomic E-state index is 0.507. The first-order valence-electron chi connectivity index (χ1n) is 8.06. The first-order valence-corrected chi connectivity index (χ1v) is 8.06. The molecule has 4 rings (SSSR count). The number of hydrogen-bond donors (Lipinski definition) is 1. The summed E-state index contributed by atoms with van der Waals surface area (Å²) in [5.41, 5.74) is 7.92. The van der Waals surface area contributed by atoms with Crippen LogP contribution in [0.1, 0.15) is 5.56 Å². The number of pyridine rings is 1. The number of hydrogen-bond acceptors (Lipinski definition) is 3. The molecule has 0 saturated carbocycles. The summed E-state index contributed by atoms with van der Waals surface area (Å²) in [5, 5.41) is 3.57. The summed E-state index contributed by atoms with van der Waals surface area (Å²) in [5.74, 6) is 1.28. The Morgan fingerprint density at radius 3 is 2.54 bits per heavy atom. The minimum Gasteiger partial charge on any atom is -0.491 e. The fourth-order valence-electron chi connectivity index (χ4n) is 3.03. The van der Waals surface area contributed by atoms with Gasteiger partial charge < -0.3 is 10.5 Å². The van der Waals surface area contributed by atoms with Crippen LogP contribution in [-0.2, 0) is 6.42 Å². The minimum atomic E-state index is 0.507. The fraction of sp³-hybridized carbons (Fsp3) is 0.0952. The van der Waals surface area contributed by atoms with E-state index in [1.165, 1.54) is 16.3 Å². The summed E-state index contributed by atoms with van der Waals surface area (Å²) in [7, 11) is 0. The normalized spacial score (nSPS) is 11.0. The van der Waals surface area contributed by atoms with Crippen molar-refractivity contribution >= 4 is 27.5 Å². The zero-order valence-corrected chi connectivity index (χ0v) is 13.3. The highest BCUT2D eigenvalue weighted by Crippen LogP contribution is 2.25. The van der Waals surface area contributed by atoms with Gasteiger partial charge in [0.05, 0.1) is 6.61 Å². The highest BCUT2D eigenvalue weighted by atomic mass is 16.5. The number of nitrogens with two attached hydrogens (primary N) is 1. The third kappa shape index (κ3) is 2.76. The van der Waals surface area contributed by atoms with E-state index < -0.39 is 0 Å². The van der Waals surface area contributed by atoms with Gasteiger partial charge in [-0.05, 0) is 34.5 Å². The number of nitrogen functional groups attached to an aromatic ring is 1. The van der Waals surface area contributed by atoms with E-state index in [2.05, 4.69) is 47.4 Å². The topological polar surface area (TPSA) is 48.1 Å². The van der Waals surface area contributed by atoms with Crippen molar-refractivity contribution in [1.82, 2.24) is 4.98 Å². The molecule has 3 aromatic carbocycles. The van der Waals surface area contributed by atoms with Gasteiger partial charge in [-0.15, -0.1) is 0 Å². The maximum Gasteiger partial charge on any atom is 0.145 e. The molecule has 3 nitrogen and oxygen atoms in total. The molecule has 0 saturated heterocycles. The van der Waals surface area contributed by atoms with Gasteiger partial charge in [-0.1, -0.05) is 54.6 Å². The molecule has 2 N–H and O–H groups in total. The summed E-state index contributed by atoms with van der Waals surface area (Å²) >= 11 is 0. The molecule has 0 aliphatic carbocycles. The molecule has 1 aromatic heterocycles. The number of rotatable bonds is 4. The van der Waals surface area contributed by atoms with Crippen molar-refractivity contribution in [3.05, 3.63) is 78.4 Å². The van der Waals surface area contributed by atoms with Crippen molar-refractivity contribution in [1.29, 1.82) is 0 Å².